The minimum atomic E-state index is -0.647. The van der Waals surface area contributed by atoms with Crippen LogP contribution in [0, 0.1) is 5.92 Å². The number of unbranched alkanes of at least 4 members (excludes halogenated alkanes) is 1. The van der Waals surface area contributed by atoms with E-state index in [-0.39, 0.29) is 64.2 Å². The van der Waals surface area contributed by atoms with Crippen LogP contribution in [-0.4, -0.2) is 74.5 Å². The van der Waals surface area contributed by atoms with Crippen LogP contribution in [0.5, 0.6) is 0 Å². The van der Waals surface area contributed by atoms with Gasteiger partial charge < -0.3 is 35.3 Å². The average Bonchev–Trinajstić information content (AvgIpc) is 2.97. The van der Waals surface area contributed by atoms with Crippen molar-refractivity contribution in [2.45, 2.75) is 57.6 Å². The molecular formula is C30H45N3O8. The summed E-state index contributed by atoms with van der Waals surface area (Å²) in [6.07, 6.45) is 5.37. The SMILES string of the molecule is C=CCCC(=O)OCC(CCCCNC(=O)OCc1ccccc1)NC(=O)C(CC=C)CC(=O)NCCOCCO. The second kappa shape index (κ2) is 23.0. The summed E-state index contributed by atoms with van der Waals surface area (Å²) >= 11 is 0. The van der Waals surface area contributed by atoms with Gasteiger partial charge in [0.2, 0.25) is 11.8 Å². The van der Waals surface area contributed by atoms with E-state index >= 15 is 0 Å². The predicted octanol–water partition coefficient (Wildman–Crippen LogP) is 2.78. The molecule has 41 heavy (non-hydrogen) atoms. The number of rotatable bonds is 23. The minimum Gasteiger partial charge on any atom is -0.463 e. The van der Waals surface area contributed by atoms with E-state index in [4.69, 9.17) is 19.3 Å². The van der Waals surface area contributed by atoms with Crippen molar-refractivity contribution in [3.8, 4) is 0 Å². The van der Waals surface area contributed by atoms with E-state index in [2.05, 4.69) is 29.1 Å². The van der Waals surface area contributed by atoms with Crippen molar-refractivity contribution >= 4 is 23.9 Å². The highest BCUT2D eigenvalue weighted by molar-refractivity contribution is 5.86. The topological polar surface area (TPSA) is 152 Å². The van der Waals surface area contributed by atoms with Gasteiger partial charge in [0.05, 0.1) is 31.8 Å². The molecule has 1 aromatic carbocycles. The van der Waals surface area contributed by atoms with Crippen LogP contribution >= 0.6 is 0 Å². The number of ether oxygens (including phenoxy) is 3. The zero-order valence-electron chi connectivity index (χ0n) is 23.8. The van der Waals surface area contributed by atoms with Gasteiger partial charge in [0, 0.05) is 25.9 Å². The van der Waals surface area contributed by atoms with Gasteiger partial charge in [-0.3, -0.25) is 14.4 Å². The number of benzene rings is 1. The van der Waals surface area contributed by atoms with Gasteiger partial charge in [0.25, 0.3) is 0 Å². The minimum absolute atomic E-state index is 0.0105. The molecule has 0 saturated carbocycles. The Morgan fingerprint density at radius 1 is 0.951 bits per heavy atom. The van der Waals surface area contributed by atoms with Gasteiger partial charge in [-0.05, 0) is 37.7 Å². The number of nitrogens with one attached hydrogen (secondary N) is 3. The Morgan fingerprint density at radius 3 is 2.44 bits per heavy atom. The molecule has 11 nitrogen and oxygen atoms in total. The fourth-order valence-corrected chi connectivity index (χ4v) is 3.69. The molecule has 228 valence electrons. The summed E-state index contributed by atoms with van der Waals surface area (Å²) in [7, 11) is 0. The lowest BCUT2D eigenvalue weighted by molar-refractivity contribution is -0.145. The maximum absolute atomic E-state index is 13.1. The number of carbonyl (C=O) groups is 4. The summed E-state index contributed by atoms with van der Waals surface area (Å²) < 4.78 is 15.7. The molecule has 2 unspecified atom stereocenters. The first-order valence-electron chi connectivity index (χ1n) is 14.0. The van der Waals surface area contributed by atoms with Crippen LogP contribution in [0.2, 0.25) is 0 Å². The van der Waals surface area contributed by atoms with Crippen molar-refractivity contribution in [1.82, 2.24) is 16.0 Å². The van der Waals surface area contributed by atoms with Crippen LogP contribution in [0.1, 0.15) is 50.5 Å². The molecule has 0 spiro atoms. The second-order valence-corrected chi connectivity index (χ2v) is 9.31. The number of hydrogen-bond donors (Lipinski definition) is 4. The molecule has 1 rings (SSSR count). The number of aliphatic hydroxyl groups is 1. The first kappa shape index (κ1) is 35.3. The van der Waals surface area contributed by atoms with Crippen molar-refractivity contribution in [3.63, 3.8) is 0 Å². The number of aliphatic hydroxyl groups excluding tert-OH is 1. The number of carbonyl (C=O) groups excluding carboxylic acids is 4. The third-order valence-electron chi connectivity index (χ3n) is 5.86. The Hall–Kier alpha value is -3.70. The van der Waals surface area contributed by atoms with E-state index in [1.165, 1.54) is 0 Å². The van der Waals surface area contributed by atoms with Crippen LogP contribution in [-0.2, 0) is 35.2 Å². The Balaban J connectivity index is 2.55. The quantitative estimate of drug-likeness (QED) is 0.0883. The summed E-state index contributed by atoms with van der Waals surface area (Å²) in [6, 6.07) is 8.89. The van der Waals surface area contributed by atoms with E-state index in [1.807, 2.05) is 30.3 Å². The molecule has 0 saturated heterocycles. The third kappa shape index (κ3) is 18.3. The monoisotopic (exact) mass is 575 g/mol. The zero-order chi connectivity index (χ0) is 30.1. The van der Waals surface area contributed by atoms with Crippen molar-refractivity contribution in [2.75, 3.05) is 39.5 Å². The molecule has 0 heterocycles. The highest BCUT2D eigenvalue weighted by atomic mass is 16.5. The number of hydrogen-bond acceptors (Lipinski definition) is 8. The van der Waals surface area contributed by atoms with Gasteiger partial charge >= 0.3 is 12.1 Å². The summed E-state index contributed by atoms with van der Waals surface area (Å²) in [6.45, 7) is 8.44. The third-order valence-corrected chi connectivity index (χ3v) is 5.86. The lowest BCUT2D eigenvalue weighted by atomic mass is 9.98. The van der Waals surface area contributed by atoms with E-state index in [0.29, 0.717) is 38.6 Å². The van der Waals surface area contributed by atoms with Crippen molar-refractivity contribution in [1.29, 1.82) is 0 Å². The van der Waals surface area contributed by atoms with Crippen LogP contribution in [0.3, 0.4) is 0 Å². The van der Waals surface area contributed by atoms with Gasteiger partial charge in [0.1, 0.15) is 13.2 Å². The molecule has 0 aliphatic heterocycles. The van der Waals surface area contributed by atoms with Gasteiger partial charge in [0.15, 0.2) is 0 Å². The Kier molecular flexibility index (Phi) is 19.9. The fourth-order valence-electron chi connectivity index (χ4n) is 3.69. The van der Waals surface area contributed by atoms with E-state index in [0.717, 1.165) is 5.56 Å². The molecular weight excluding hydrogens is 530 g/mol. The second-order valence-electron chi connectivity index (χ2n) is 9.31. The Morgan fingerprint density at radius 2 is 1.73 bits per heavy atom. The smallest absolute Gasteiger partial charge is 0.407 e. The number of esters is 1. The molecule has 0 aliphatic carbocycles. The summed E-state index contributed by atoms with van der Waals surface area (Å²) in [5.41, 5.74) is 0.892. The largest absolute Gasteiger partial charge is 0.463 e. The highest BCUT2D eigenvalue weighted by Gasteiger charge is 2.24. The predicted molar refractivity (Wildman–Crippen MR) is 155 cm³/mol. The van der Waals surface area contributed by atoms with Crippen molar-refractivity contribution in [2.24, 2.45) is 5.92 Å². The first-order valence-corrected chi connectivity index (χ1v) is 14.0. The van der Waals surface area contributed by atoms with E-state index in [1.54, 1.807) is 12.2 Å². The number of amides is 3. The standard InChI is InChI=1S/C30H45N3O8/c1-3-5-15-28(36)40-23-26(14-9-10-16-32-30(38)41-22-24-12-7-6-8-13-24)33-29(37)25(11-4-2)21-27(35)31-17-19-39-20-18-34/h3-4,6-8,12-13,25-26,34H,1-2,5,9-11,14-23H2,(H,31,35)(H,32,38)(H,33,37). The number of allylic oxidation sites excluding steroid dienone is 2. The Labute approximate surface area is 242 Å². The molecule has 11 heteroatoms. The average molecular weight is 576 g/mol. The van der Waals surface area contributed by atoms with Gasteiger partial charge in [-0.2, -0.15) is 0 Å². The fraction of sp³-hybridized carbons (Fsp3) is 0.533. The summed E-state index contributed by atoms with van der Waals surface area (Å²) in [4.78, 5) is 49.4. The first-order chi connectivity index (χ1) is 19.9. The molecule has 1 aromatic rings. The molecule has 0 aliphatic rings. The number of alkyl carbamates (subject to hydrolysis) is 1. The highest BCUT2D eigenvalue weighted by Crippen LogP contribution is 2.12. The van der Waals surface area contributed by atoms with E-state index in [9.17, 15) is 19.2 Å². The summed E-state index contributed by atoms with van der Waals surface area (Å²) in [5.74, 6) is -1.69. The maximum Gasteiger partial charge on any atom is 0.407 e. The summed E-state index contributed by atoms with van der Waals surface area (Å²) in [5, 5.41) is 17.0. The molecule has 2 atom stereocenters. The van der Waals surface area contributed by atoms with E-state index < -0.39 is 24.0 Å². The van der Waals surface area contributed by atoms with Crippen LogP contribution in [0.4, 0.5) is 4.79 Å². The molecule has 0 aromatic heterocycles. The molecule has 4 N–H and O–H groups in total. The normalized spacial score (nSPS) is 11.9. The van der Waals surface area contributed by atoms with Crippen LogP contribution in [0.15, 0.2) is 55.6 Å². The van der Waals surface area contributed by atoms with Crippen LogP contribution in [0.25, 0.3) is 0 Å². The van der Waals surface area contributed by atoms with Gasteiger partial charge in [-0.25, -0.2) is 4.79 Å². The lowest BCUT2D eigenvalue weighted by Gasteiger charge is -2.22. The molecule has 0 radical (unpaired) electrons. The van der Waals surface area contributed by atoms with Crippen molar-refractivity contribution < 1.29 is 38.5 Å². The van der Waals surface area contributed by atoms with Gasteiger partial charge in [-0.1, -0.05) is 42.5 Å². The van der Waals surface area contributed by atoms with Crippen molar-refractivity contribution in [3.05, 3.63) is 61.2 Å². The van der Waals surface area contributed by atoms with Gasteiger partial charge in [-0.15, -0.1) is 13.2 Å². The molecule has 3 amide bonds. The molecule has 0 bridgehead atoms. The van der Waals surface area contributed by atoms with Crippen LogP contribution < -0.4 is 16.0 Å². The lowest BCUT2D eigenvalue weighted by Crippen LogP contribution is -2.43. The maximum atomic E-state index is 13.1. The zero-order valence-corrected chi connectivity index (χ0v) is 23.8. The molecule has 0 fully saturated rings. The Bertz CT molecular complexity index is 926.